The molecule has 0 spiro atoms. The highest BCUT2D eigenvalue weighted by Gasteiger charge is 2.37. The Morgan fingerprint density at radius 3 is 2.15 bits per heavy atom. The van der Waals surface area contributed by atoms with Gasteiger partial charge in [0.2, 0.25) is 0 Å². The number of morpholine rings is 1. The molecule has 4 rings (SSSR count). The van der Waals surface area contributed by atoms with E-state index < -0.39 is 0 Å². The number of hydrogen-bond acceptors (Lipinski definition) is 4. The first-order valence-corrected chi connectivity index (χ1v) is 9.55. The van der Waals surface area contributed by atoms with E-state index in [1.807, 2.05) is 32.0 Å². The van der Waals surface area contributed by atoms with Crippen LogP contribution in [0.25, 0.3) is 0 Å². The van der Waals surface area contributed by atoms with Crippen molar-refractivity contribution in [1.82, 2.24) is 9.80 Å². The molecule has 5 nitrogen and oxygen atoms in total. The normalized spacial score (nSPS) is 19.5. The van der Waals surface area contributed by atoms with Gasteiger partial charge in [-0.25, -0.2) is 0 Å². The number of fused-ring (bicyclic) bond motifs is 1. The van der Waals surface area contributed by atoms with Crippen LogP contribution in [-0.2, 0) is 11.3 Å². The Morgan fingerprint density at radius 2 is 1.52 bits per heavy atom. The zero-order valence-corrected chi connectivity index (χ0v) is 15.9. The largest absolute Gasteiger partial charge is 0.374 e. The van der Waals surface area contributed by atoms with Crippen LogP contribution >= 0.6 is 0 Å². The predicted octanol–water partition coefficient (Wildman–Crippen LogP) is 3.21. The van der Waals surface area contributed by atoms with Crippen LogP contribution in [0.1, 0.15) is 40.1 Å². The lowest BCUT2D eigenvalue weighted by atomic mass is 10.1. The summed E-state index contributed by atoms with van der Waals surface area (Å²) in [6.07, 6.45) is -0.153. The number of amides is 2. The van der Waals surface area contributed by atoms with Gasteiger partial charge in [0.25, 0.3) is 11.8 Å². The minimum Gasteiger partial charge on any atom is -0.374 e. The number of benzene rings is 2. The number of rotatable bonds is 4. The highest BCUT2D eigenvalue weighted by molar-refractivity contribution is 6.21. The smallest absolute Gasteiger partial charge is 0.261 e. The first kappa shape index (κ1) is 19.3. The maximum Gasteiger partial charge on any atom is 0.261 e. The van der Waals surface area contributed by atoms with Gasteiger partial charge in [-0.15, -0.1) is 0 Å². The standard InChI is InChI=1S/C20H20N2O3.C2H6/c23-19-17-8-4-5-9-18(17)20(24)22(19)14-16-13-21(10-11-25-16)12-15-6-2-1-3-7-15;1-2/h1-9,16H,10-14H2;1-2H3. The Morgan fingerprint density at radius 1 is 0.926 bits per heavy atom. The third-order valence-electron chi connectivity index (χ3n) is 4.74. The number of ether oxygens (including phenoxy) is 1. The van der Waals surface area contributed by atoms with E-state index in [0.717, 1.165) is 13.1 Å². The van der Waals surface area contributed by atoms with Crippen molar-refractivity contribution in [3.8, 4) is 0 Å². The number of carbonyl (C=O) groups excluding carboxylic acids is 2. The molecule has 0 N–H and O–H groups in total. The van der Waals surface area contributed by atoms with Crippen molar-refractivity contribution in [2.24, 2.45) is 0 Å². The van der Waals surface area contributed by atoms with Gasteiger partial charge in [-0.3, -0.25) is 19.4 Å². The molecule has 1 saturated heterocycles. The summed E-state index contributed by atoms with van der Waals surface area (Å²) in [6, 6.07) is 17.3. The van der Waals surface area contributed by atoms with Crippen molar-refractivity contribution < 1.29 is 14.3 Å². The molecule has 0 aliphatic carbocycles. The van der Waals surface area contributed by atoms with Crippen molar-refractivity contribution in [2.75, 3.05) is 26.2 Å². The molecule has 0 saturated carbocycles. The van der Waals surface area contributed by atoms with Gasteiger partial charge >= 0.3 is 0 Å². The Kier molecular flexibility index (Phi) is 6.37. The van der Waals surface area contributed by atoms with E-state index in [-0.39, 0.29) is 17.9 Å². The lowest BCUT2D eigenvalue weighted by Crippen LogP contribution is -2.48. The van der Waals surface area contributed by atoms with Crippen LogP contribution in [0, 0.1) is 0 Å². The third kappa shape index (κ3) is 4.26. The molecule has 2 aromatic carbocycles. The van der Waals surface area contributed by atoms with Gasteiger partial charge in [0.1, 0.15) is 0 Å². The Balaban J connectivity index is 0.00000102. The molecule has 2 aliphatic rings. The van der Waals surface area contributed by atoms with E-state index in [1.165, 1.54) is 10.5 Å². The highest BCUT2D eigenvalue weighted by Crippen LogP contribution is 2.23. The van der Waals surface area contributed by atoms with Crippen LogP contribution in [0.2, 0.25) is 0 Å². The summed E-state index contributed by atoms with van der Waals surface area (Å²) in [6.45, 7) is 7.33. The summed E-state index contributed by atoms with van der Waals surface area (Å²) in [5, 5.41) is 0. The minimum absolute atomic E-state index is 0.153. The molecule has 5 heteroatoms. The fourth-order valence-electron chi connectivity index (χ4n) is 3.48. The number of hydrogen-bond donors (Lipinski definition) is 0. The quantitative estimate of drug-likeness (QED) is 0.780. The fraction of sp³-hybridized carbons (Fsp3) is 0.364. The zero-order valence-electron chi connectivity index (χ0n) is 15.9. The first-order valence-electron chi connectivity index (χ1n) is 9.55. The van der Waals surface area contributed by atoms with Gasteiger partial charge in [-0.1, -0.05) is 56.3 Å². The van der Waals surface area contributed by atoms with E-state index in [9.17, 15) is 9.59 Å². The van der Waals surface area contributed by atoms with Gasteiger partial charge in [0.15, 0.2) is 0 Å². The summed E-state index contributed by atoms with van der Waals surface area (Å²) < 4.78 is 5.82. The van der Waals surface area contributed by atoms with Crippen LogP contribution in [0.4, 0.5) is 0 Å². The average Bonchev–Trinajstić information content (AvgIpc) is 2.96. The Labute approximate surface area is 160 Å². The second-order valence-corrected chi connectivity index (χ2v) is 6.48. The van der Waals surface area contributed by atoms with Crippen molar-refractivity contribution in [2.45, 2.75) is 26.5 Å². The molecule has 2 aliphatic heterocycles. The van der Waals surface area contributed by atoms with E-state index in [0.29, 0.717) is 30.8 Å². The van der Waals surface area contributed by atoms with E-state index in [4.69, 9.17) is 4.74 Å². The molecule has 2 aromatic rings. The Hall–Kier alpha value is -2.50. The van der Waals surface area contributed by atoms with E-state index in [1.54, 1.807) is 24.3 Å². The van der Waals surface area contributed by atoms with Crippen molar-refractivity contribution in [1.29, 1.82) is 0 Å². The molecule has 0 bridgehead atoms. The fourth-order valence-corrected chi connectivity index (χ4v) is 3.48. The van der Waals surface area contributed by atoms with E-state index in [2.05, 4.69) is 17.0 Å². The molecular weight excluding hydrogens is 340 g/mol. The summed E-state index contributed by atoms with van der Waals surface area (Å²) in [4.78, 5) is 28.6. The molecule has 1 atom stereocenters. The van der Waals surface area contributed by atoms with Gasteiger partial charge < -0.3 is 4.74 Å². The molecule has 142 valence electrons. The van der Waals surface area contributed by atoms with Crippen LogP contribution < -0.4 is 0 Å². The number of carbonyl (C=O) groups is 2. The maximum atomic E-state index is 12.5. The summed E-state index contributed by atoms with van der Waals surface area (Å²) in [5.74, 6) is -0.436. The molecule has 1 unspecified atom stereocenters. The topological polar surface area (TPSA) is 49.9 Å². The van der Waals surface area contributed by atoms with Gasteiger partial charge in [0, 0.05) is 19.6 Å². The van der Waals surface area contributed by atoms with Crippen LogP contribution in [-0.4, -0.2) is 54.0 Å². The minimum atomic E-state index is -0.218. The van der Waals surface area contributed by atoms with Crippen LogP contribution in [0.5, 0.6) is 0 Å². The van der Waals surface area contributed by atoms with Crippen LogP contribution in [0.15, 0.2) is 54.6 Å². The first-order chi connectivity index (χ1) is 13.2. The molecule has 0 aromatic heterocycles. The molecule has 27 heavy (non-hydrogen) atoms. The maximum absolute atomic E-state index is 12.5. The third-order valence-corrected chi connectivity index (χ3v) is 4.74. The van der Waals surface area contributed by atoms with Crippen molar-refractivity contribution in [3.05, 3.63) is 71.3 Å². The van der Waals surface area contributed by atoms with Gasteiger partial charge in [0.05, 0.1) is 30.4 Å². The second kappa shape index (κ2) is 8.93. The van der Waals surface area contributed by atoms with Crippen molar-refractivity contribution in [3.63, 3.8) is 0 Å². The van der Waals surface area contributed by atoms with Gasteiger partial charge in [-0.05, 0) is 17.7 Å². The molecule has 2 heterocycles. The summed E-state index contributed by atoms with van der Waals surface area (Å²) in [7, 11) is 0. The van der Waals surface area contributed by atoms with E-state index >= 15 is 0 Å². The van der Waals surface area contributed by atoms with Crippen LogP contribution in [0.3, 0.4) is 0 Å². The lowest BCUT2D eigenvalue weighted by Gasteiger charge is -2.34. The molecule has 0 radical (unpaired) electrons. The van der Waals surface area contributed by atoms with Gasteiger partial charge in [-0.2, -0.15) is 0 Å². The lowest BCUT2D eigenvalue weighted by molar-refractivity contribution is -0.0400. The number of nitrogens with zero attached hydrogens (tertiary/aromatic N) is 2. The SMILES string of the molecule is CC.O=C1c2ccccc2C(=O)N1CC1CN(Cc2ccccc2)CCO1. The predicted molar refractivity (Wildman–Crippen MR) is 105 cm³/mol. The second-order valence-electron chi connectivity index (χ2n) is 6.48. The summed E-state index contributed by atoms with van der Waals surface area (Å²) >= 11 is 0. The Bertz CT molecular complexity index is 756. The van der Waals surface area contributed by atoms with Crippen molar-refractivity contribution >= 4 is 11.8 Å². The highest BCUT2D eigenvalue weighted by atomic mass is 16.5. The monoisotopic (exact) mass is 366 g/mol. The zero-order chi connectivity index (χ0) is 19.2. The molecular formula is C22H26N2O3. The molecule has 2 amide bonds. The number of imide groups is 1. The average molecular weight is 366 g/mol. The molecule has 1 fully saturated rings. The summed E-state index contributed by atoms with van der Waals surface area (Å²) in [5.41, 5.74) is 2.23.